The number of halogens is 1. The summed E-state index contributed by atoms with van der Waals surface area (Å²) in [6.07, 6.45) is 0.920. The normalized spacial score (nSPS) is 16.7. The number of carbonyl (C=O) groups is 1. The second kappa shape index (κ2) is 10.7. The van der Waals surface area contributed by atoms with Gasteiger partial charge in [0.25, 0.3) is 5.91 Å². The van der Waals surface area contributed by atoms with E-state index < -0.39 is 0 Å². The van der Waals surface area contributed by atoms with Gasteiger partial charge in [0, 0.05) is 9.13 Å². The van der Waals surface area contributed by atoms with Crippen LogP contribution < -0.4 is 5.43 Å². The first-order chi connectivity index (χ1) is 17.1. The van der Waals surface area contributed by atoms with Crippen LogP contribution in [-0.4, -0.2) is 42.1 Å². The lowest BCUT2D eigenvalue weighted by atomic mass is 9.98. The fourth-order valence-corrected chi connectivity index (χ4v) is 5.38. The van der Waals surface area contributed by atoms with E-state index in [0.717, 1.165) is 32.2 Å². The van der Waals surface area contributed by atoms with E-state index in [9.17, 15) is 4.79 Å². The number of nitrogens with zero attached hydrogens (tertiary/aromatic N) is 5. The largest absolute Gasteiger partial charge is 0.281 e. The van der Waals surface area contributed by atoms with Crippen LogP contribution in [0.3, 0.4) is 0 Å². The Morgan fingerprint density at radius 1 is 1.06 bits per heavy atom. The van der Waals surface area contributed by atoms with Crippen molar-refractivity contribution in [2.75, 3.05) is 0 Å². The number of tetrazole rings is 1. The van der Waals surface area contributed by atoms with Crippen molar-refractivity contribution in [1.82, 2.24) is 31.1 Å². The summed E-state index contributed by atoms with van der Waals surface area (Å²) in [5.41, 5.74) is 8.20. The molecule has 0 spiro atoms. The first kappa shape index (κ1) is 23.6. The average molecular weight is 595 g/mol. The van der Waals surface area contributed by atoms with E-state index in [2.05, 4.69) is 84.8 Å². The summed E-state index contributed by atoms with van der Waals surface area (Å²) >= 11 is 3.76. The summed E-state index contributed by atoms with van der Waals surface area (Å²) in [5.74, 6) is 0.335. The van der Waals surface area contributed by atoms with Gasteiger partial charge in [-0.15, -0.1) is 10.2 Å². The third-order valence-electron chi connectivity index (χ3n) is 5.57. The number of hydrazine groups is 1. The fraction of sp³-hybridized carbons (Fsp3) is 0.160. The summed E-state index contributed by atoms with van der Waals surface area (Å²) < 4.78 is 0.894. The number of benzene rings is 3. The van der Waals surface area contributed by atoms with Crippen molar-refractivity contribution in [3.05, 3.63) is 87.5 Å². The van der Waals surface area contributed by atoms with Crippen LogP contribution in [0.5, 0.6) is 0 Å². The quantitative estimate of drug-likeness (QED) is 0.299. The van der Waals surface area contributed by atoms with Gasteiger partial charge in [0.15, 0.2) is 5.17 Å². The molecule has 1 aliphatic rings. The first-order valence-corrected chi connectivity index (χ1v) is 13.1. The first-order valence-electron chi connectivity index (χ1n) is 11.1. The molecule has 5 rings (SSSR count). The van der Waals surface area contributed by atoms with Crippen LogP contribution in [0.15, 0.2) is 77.8 Å². The smallest absolute Gasteiger partial charge is 0.280 e. The Morgan fingerprint density at radius 3 is 2.51 bits per heavy atom. The highest BCUT2D eigenvalue weighted by Crippen LogP contribution is 2.31. The number of aromatic nitrogens is 4. The van der Waals surface area contributed by atoms with Gasteiger partial charge in [-0.1, -0.05) is 79.3 Å². The van der Waals surface area contributed by atoms with Crippen LogP contribution in [0.4, 0.5) is 0 Å². The Kier molecular flexibility index (Phi) is 7.21. The molecule has 1 aromatic heterocycles. The number of amides is 1. The van der Waals surface area contributed by atoms with E-state index in [4.69, 9.17) is 0 Å². The number of thioether (sulfide) groups is 1. The maximum atomic E-state index is 12.9. The van der Waals surface area contributed by atoms with Crippen molar-refractivity contribution in [1.29, 1.82) is 0 Å². The summed E-state index contributed by atoms with van der Waals surface area (Å²) in [4.78, 5) is 17.3. The van der Waals surface area contributed by atoms with Crippen molar-refractivity contribution in [3.8, 4) is 22.5 Å². The number of hydrogen-bond donors (Lipinski definition) is 2. The van der Waals surface area contributed by atoms with Crippen molar-refractivity contribution < 1.29 is 4.79 Å². The number of amidine groups is 1. The number of aliphatic imine (C=N–C) groups is 1. The van der Waals surface area contributed by atoms with Crippen molar-refractivity contribution in [2.45, 2.75) is 25.3 Å². The molecule has 4 aromatic rings. The van der Waals surface area contributed by atoms with Crippen molar-refractivity contribution >= 4 is 45.4 Å². The van der Waals surface area contributed by atoms with E-state index in [1.54, 1.807) is 11.8 Å². The third-order valence-corrected chi connectivity index (χ3v) is 7.76. The number of hydrogen-bond acceptors (Lipinski definition) is 6. The van der Waals surface area contributed by atoms with Crippen molar-refractivity contribution in [3.63, 3.8) is 0 Å². The lowest BCUT2D eigenvalue weighted by Gasteiger charge is -2.19. The Morgan fingerprint density at radius 2 is 1.80 bits per heavy atom. The van der Waals surface area contributed by atoms with Crippen LogP contribution in [-0.2, 0) is 6.54 Å². The molecule has 10 heteroatoms. The monoisotopic (exact) mass is 595 g/mol. The molecule has 0 radical (unpaired) electrons. The van der Waals surface area contributed by atoms with Crippen LogP contribution in [0.25, 0.3) is 22.5 Å². The predicted molar refractivity (Wildman–Crippen MR) is 146 cm³/mol. The highest BCUT2D eigenvalue weighted by atomic mass is 127. The summed E-state index contributed by atoms with van der Waals surface area (Å²) in [6.45, 7) is 2.71. The summed E-state index contributed by atoms with van der Waals surface area (Å²) in [5, 5.41) is 17.3. The van der Waals surface area contributed by atoms with E-state index in [1.807, 2.05) is 53.5 Å². The summed E-state index contributed by atoms with van der Waals surface area (Å²) in [7, 11) is 0. The molecule has 0 aliphatic carbocycles. The number of rotatable bonds is 6. The van der Waals surface area contributed by atoms with Crippen LogP contribution in [0.1, 0.15) is 29.3 Å². The lowest BCUT2D eigenvalue weighted by Crippen LogP contribution is -2.37. The van der Waals surface area contributed by atoms with Gasteiger partial charge < -0.3 is 0 Å². The van der Waals surface area contributed by atoms with Gasteiger partial charge in [-0.2, -0.15) is 10.2 Å². The van der Waals surface area contributed by atoms with E-state index in [-0.39, 0.29) is 11.3 Å². The molecular weight excluding hydrogens is 573 g/mol. The molecule has 0 bridgehead atoms. The van der Waals surface area contributed by atoms with E-state index >= 15 is 0 Å². The standard InChI is InChI=1S/C25H22IN7OS/c1-2-22-30-33(25(35-22)27-24(34)20-9-5-6-10-21(20)26)15-16-11-13-17(14-12-16)18-7-3-4-8-19(18)23-28-31-32-29-23/h3-14,22,30H,2,15H2,1H3,(H,28,29,31,32). The summed E-state index contributed by atoms with van der Waals surface area (Å²) in [6, 6.07) is 23.9. The van der Waals surface area contributed by atoms with Gasteiger partial charge in [-0.05, 0) is 63.0 Å². The molecule has 1 fully saturated rings. The minimum atomic E-state index is -0.227. The van der Waals surface area contributed by atoms with E-state index in [1.165, 1.54) is 0 Å². The lowest BCUT2D eigenvalue weighted by molar-refractivity contribution is 0.1000. The fourth-order valence-electron chi connectivity index (χ4n) is 3.78. The second-order valence-corrected chi connectivity index (χ2v) is 10.2. The van der Waals surface area contributed by atoms with Crippen LogP contribution in [0.2, 0.25) is 0 Å². The Bertz CT molecular complexity index is 1360. The molecule has 2 N–H and O–H groups in total. The van der Waals surface area contributed by atoms with Crippen LogP contribution >= 0.6 is 34.4 Å². The molecule has 1 unspecified atom stereocenters. The molecule has 1 atom stereocenters. The molecule has 1 saturated heterocycles. The average Bonchev–Trinajstić information content (AvgIpc) is 3.55. The highest BCUT2D eigenvalue weighted by molar-refractivity contribution is 14.1. The number of nitrogens with one attached hydrogen (secondary N) is 2. The molecule has 2 heterocycles. The molecule has 1 aliphatic heterocycles. The number of aromatic amines is 1. The van der Waals surface area contributed by atoms with Gasteiger partial charge in [0.1, 0.15) is 0 Å². The number of carbonyl (C=O) groups excluding carboxylic acids is 1. The SMILES string of the molecule is CCC1NN(Cc2ccc(-c3ccccc3-c3nn[nH]n3)cc2)C(=NC(=O)c2ccccc2I)S1. The predicted octanol–water partition coefficient (Wildman–Crippen LogP) is 5.12. The van der Waals surface area contributed by atoms with Crippen LogP contribution in [0, 0.1) is 3.57 Å². The minimum absolute atomic E-state index is 0.178. The van der Waals surface area contributed by atoms with Gasteiger partial charge in [0.05, 0.1) is 17.5 Å². The van der Waals surface area contributed by atoms with Gasteiger partial charge in [-0.3, -0.25) is 9.80 Å². The molecule has 8 nitrogen and oxygen atoms in total. The molecule has 3 aromatic carbocycles. The van der Waals surface area contributed by atoms with Crippen molar-refractivity contribution in [2.24, 2.45) is 4.99 Å². The second-order valence-electron chi connectivity index (χ2n) is 7.89. The number of H-pyrrole nitrogens is 1. The molecule has 1 amide bonds. The molecular formula is C25H22IN7OS. The van der Waals surface area contributed by atoms with Gasteiger partial charge >= 0.3 is 0 Å². The minimum Gasteiger partial charge on any atom is -0.281 e. The Labute approximate surface area is 220 Å². The van der Waals surface area contributed by atoms with Gasteiger partial charge in [0.2, 0.25) is 5.82 Å². The maximum absolute atomic E-state index is 12.9. The molecule has 0 saturated carbocycles. The Hall–Kier alpha value is -3.09. The topological polar surface area (TPSA) is 99.2 Å². The molecule has 176 valence electrons. The van der Waals surface area contributed by atoms with Gasteiger partial charge in [-0.25, -0.2) is 5.43 Å². The zero-order valence-electron chi connectivity index (χ0n) is 18.9. The van der Waals surface area contributed by atoms with E-state index in [0.29, 0.717) is 23.1 Å². The third kappa shape index (κ3) is 5.29. The highest BCUT2D eigenvalue weighted by Gasteiger charge is 2.28. The zero-order valence-corrected chi connectivity index (χ0v) is 21.8. The molecule has 35 heavy (non-hydrogen) atoms. The zero-order chi connectivity index (χ0) is 24.2. The maximum Gasteiger partial charge on any atom is 0.280 e. The Balaban J connectivity index is 1.37.